The van der Waals surface area contributed by atoms with Gasteiger partial charge >= 0.3 is 0 Å². The first-order valence-corrected chi connectivity index (χ1v) is 7.16. The third kappa shape index (κ3) is 3.45. The molecule has 0 aromatic carbocycles. The molecule has 2 unspecified atom stereocenters. The molecule has 110 valence electrons. The third-order valence-corrected chi connectivity index (χ3v) is 3.65. The lowest BCUT2D eigenvalue weighted by molar-refractivity contribution is 0.0244. The first-order chi connectivity index (χ1) is 9.61. The first-order valence-electron chi connectivity index (χ1n) is 7.16. The Morgan fingerprint density at radius 2 is 2.30 bits per heavy atom. The van der Waals surface area contributed by atoms with Crippen molar-refractivity contribution in [1.29, 1.82) is 0 Å². The molecule has 1 aromatic rings. The number of aliphatic hydroxyl groups is 1. The zero-order chi connectivity index (χ0) is 14.5. The number of piperidine rings is 1. The average molecular weight is 278 g/mol. The van der Waals surface area contributed by atoms with Crippen molar-refractivity contribution in [1.82, 2.24) is 15.1 Å². The molecule has 2 rings (SSSR count). The standard InChI is InChI=1S/C14H22N4O2/c1-3-7-15-13-5-4-11(16-17-13)14(20)18-8-6-10(2)12(19)9-18/h4-5,10,12,19H,3,6-9H2,1-2H3,(H,15,17). The van der Waals surface area contributed by atoms with Gasteiger partial charge in [-0.1, -0.05) is 13.8 Å². The van der Waals surface area contributed by atoms with E-state index in [1.807, 2.05) is 6.92 Å². The zero-order valence-electron chi connectivity index (χ0n) is 12.0. The molecular weight excluding hydrogens is 256 g/mol. The Morgan fingerprint density at radius 1 is 1.50 bits per heavy atom. The van der Waals surface area contributed by atoms with E-state index in [9.17, 15) is 9.90 Å². The van der Waals surface area contributed by atoms with Crippen molar-refractivity contribution < 1.29 is 9.90 Å². The van der Waals surface area contributed by atoms with Gasteiger partial charge in [0.15, 0.2) is 5.69 Å². The maximum absolute atomic E-state index is 12.3. The number of nitrogens with zero attached hydrogens (tertiary/aromatic N) is 3. The molecule has 20 heavy (non-hydrogen) atoms. The summed E-state index contributed by atoms with van der Waals surface area (Å²) in [6.45, 7) is 5.94. The van der Waals surface area contributed by atoms with Gasteiger partial charge in [0.2, 0.25) is 0 Å². The molecule has 1 saturated heterocycles. The van der Waals surface area contributed by atoms with Crippen LogP contribution in [0.1, 0.15) is 37.2 Å². The predicted molar refractivity (Wildman–Crippen MR) is 76.5 cm³/mol. The summed E-state index contributed by atoms with van der Waals surface area (Å²) >= 11 is 0. The van der Waals surface area contributed by atoms with Crippen molar-refractivity contribution in [2.24, 2.45) is 5.92 Å². The molecule has 1 aromatic heterocycles. The lowest BCUT2D eigenvalue weighted by Gasteiger charge is -2.33. The molecule has 0 radical (unpaired) electrons. The molecule has 6 heteroatoms. The van der Waals surface area contributed by atoms with Crippen molar-refractivity contribution in [2.75, 3.05) is 25.0 Å². The second kappa shape index (κ2) is 6.65. The van der Waals surface area contributed by atoms with E-state index in [0.717, 1.165) is 19.4 Å². The summed E-state index contributed by atoms with van der Waals surface area (Å²) in [5.74, 6) is 0.756. The third-order valence-electron chi connectivity index (χ3n) is 3.65. The van der Waals surface area contributed by atoms with Crippen LogP contribution in [0.15, 0.2) is 12.1 Å². The van der Waals surface area contributed by atoms with E-state index in [4.69, 9.17) is 0 Å². The summed E-state index contributed by atoms with van der Waals surface area (Å²) < 4.78 is 0. The molecule has 6 nitrogen and oxygen atoms in total. The molecule has 1 aliphatic rings. The lowest BCUT2D eigenvalue weighted by atomic mass is 9.96. The van der Waals surface area contributed by atoms with E-state index in [1.54, 1.807) is 17.0 Å². The quantitative estimate of drug-likeness (QED) is 0.863. The van der Waals surface area contributed by atoms with Crippen molar-refractivity contribution in [3.8, 4) is 0 Å². The van der Waals surface area contributed by atoms with Gasteiger partial charge in [0.05, 0.1) is 6.10 Å². The summed E-state index contributed by atoms with van der Waals surface area (Å²) in [6.07, 6.45) is 1.37. The van der Waals surface area contributed by atoms with Gasteiger partial charge in [0.25, 0.3) is 5.91 Å². The number of hydrogen-bond acceptors (Lipinski definition) is 5. The first kappa shape index (κ1) is 14.7. The molecule has 1 amide bonds. The van der Waals surface area contributed by atoms with Crippen LogP contribution in [0.25, 0.3) is 0 Å². The summed E-state index contributed by atoms with van der Waals surface area (Å²) in [6, 6.07) is 3.44. The number of carbonyl (C=O) groups is 1. The highest BCUT2D eigenvalue weighted by molar-refractivity contribution is 5.92. The summed E-state index contributed by atoms with van der Waals surface area (Å²) in [5.41, 5.74) is 0.328. The number of aromatic nitrogens is 2. The molecular formula is C14H22N4O2. The summed E-state index contributed by atoms with van der Waals surface area (Å²) in [5, 5.41) is 20.9. The Kier molecular flexibility index (Phi) is 4.89. The van der Waals surface area contributed by atoms with Crippen LogP contribution in [0.5, 0.6) is 0 Å². The number of nitrogens with one attached hydrogen (secondary N) is 1. The molecule has 0 bridgehead atoms. The van der Waals surface area contributed by atoms with Gasteiger partial charge in [-0.05, 0) is 30.9 Å². The summed E-state index contributed by atoms with van der Waals surface area (Å²) in [7, 11) is 0. The number of hydrogen-bond donors (Lipinski definition) is 2. The van der Waals surface area contributed by atoms with E-state index in [0.29, 0.717) is 24.6 Å². The van der Waals surface area contributed by atoms with Crippen LogP contribution >= 0.6 is 0 Å². The molecule has 0 saturated carbocycles. The van der Waals surface area contributed by atoms with Gasteiger partial charge < -0.3 is 15.3 Å². The molecule has 2 heterocycles. The fraction of sp³-hybridized carbons (Fsp3) is 0.643. The maximum atomic E-state index is 12.3. The number of β-amino-alcohol motifs (C(OH)–C–C–N with tert-alkyl or cyclic N) is 1. The largest absolute Gasteiger partial charge is 0.391 e. The number of carbonyl (C=O) groups excluding carboxylic acids is 1. The lowest BCUT2D eigenvalue weighted by Crippen LogP contribution is -2.46. The van der Waals surface area contributed by atoms with E-state index in [2.05, 4.69) is 22.4 Å². The van der Waals surface area contributed by atoms with E-state index >= 15 is 0 Å². The number of likely N-dealkylation sites (tertiary alicyclic amines) is 1. The normalized spacial score (nSPS) is 22.6. The van der Waals surface area contributed by atoms with Crippen LogP contribution in [0.3, 0.4) is 0 Å². The number of anilines is 1. The molecule has 0 aliphatic carbocycles. The minimum atomic E-state index is -0.453. The minimum absolute atomic E-state index is 0.162. The van der Waals surface area contributed by atoms with Crippen molar-refractivity contribution in [3.05, 3.63) is 17.8 Å². The molecule has 1 fully saturated rings. The van der Waals surface area contributed by atoms with E-state index < -0.39 is 6.10 Å². The van der Waals surface area contributed by atoms with Gasteiger partial charge in [0, 0.05) is 19.6 Å². The monoisotopic (exact) mass is 278 g/mol. The van der Waals surface area contributed by atoms with Crippen LogP contribution in [0.4, 0.5) is 5.82 Å². The number of amides is 1. The Balaban J connectivity index is 1.98. The topological polar surface area (TPSA) is 78.4 Å². The fourth-order valence-electron chi connectivity index (χ4n) is 2.19. The van der Waals surface area contributed by atoms with E-state index in [1.165, 1.54) is 0 Å². The van der Waals surface area contributed by atoms with Crippen LogP contribution < -0.4 is 5.32 Å². The Labute approximate surface area is 119 Å². The van der Waals surface area contributed by atoms with Gasteiger partial charge in [-0.15, -0.1) is 10.2 Å². The van der Waals surface area contributed by atoms with Crippen LogP contribution in [0.2, 0.25) is 0 Å². The SMILES string of the molecule is CCCNc1ccc(C(=O)N2CCC(C)C(O)C2)nn1. The molecule has 2 atom stereocenters. The second-order valence-corrected chi connectivity index (χ2v) is 5.32. The van der Waals surface area contributed by atoms with Crippen LogP contribution in [-0.4, -0.2) is 51.8 Å². The highest BCUT2D eigenvalue weighted by atomic mass is 16.3. The van der Waals surface area contributed by atoms with Crippen LogP contribution in [0, 0.1) is 5.92 Å². The van der Waals surface area contributed by atoms with Gasteiger partial charge in [0.1, 0.15) is 5.82 Å². The second-order valence-electron chi connectivity index (χ2n) is 5.32. The smallest absolute Gasteiger partial charge is 0.274 e. The Hall–Kier alpha value is -1.69. The Morgan fingerprint density at radius 3 is 2.90 bits per heavy atom. The average Bonchev–Trinajstić information content (AvgIpc) is 2.48. The Bertz CT molecular complexity index is 449. The predicted octanol–water partition coefficient (Wildman–Crippen LogP) is 1.14. The van der Waals surface area contributed by atoms with Crippen molar-refractivity contribution >= 4 is 11.7 Å². The van der Waals surface area contributed by atoms with Crippen molar-refractivity contribution in [3.63, 3.8) is 0 Å². The molecule has 1 aliphatic heterocycles. The summed E-state index contributed by atoms with van der Waals surface area (Å²) in [4.78, 5) is 13.9. The zero-order valence-corrected chi connectivity index (χ0v) is 12.0. The van der Waals surface area contributed by atoms with Gasteiger partial charge in [-0.25, -0.2) is 0 Å². The highest BCUT2D eigenvalue weighted by Gasteiger charge is 2.28. The highest BCUT2D eigenvalue weighted by Crippen LogP contribution is 2.18. The van der Waals surface area contributed by atoms with Gasteiger partial charge in [-0.2, -0.15) is 0 Å². The fourth-order valence-corrected chi connectivity index (χ4v) is 2.19. The van der Waals surface area contributed by atoms with Gasteiger partial charge in [-0.3, -0.25) is 4.79 Å². The van der Waals surface area contributed by atoms with Crippen molar-refractivity contribution in [2.45, 2.75) is 32.8 Å². The van der Waals surface area contributed by atoms with Crippen LogP contribution in [-0.2, 0) is 0 Å². The minimum Gasteiger partial charge on any atom is -0.391 e. The maximum Gasteiger partial charge on any atom is 0.274 e. The molecule has 2 N–H and O–H groups in total. The van der Waals surface area contributed by atoms with E-state index in [-0.39, 0.29) is 11.8 Å². The molecule has 0 spiro atoms. The number of rotatable bonds is 4. The number of aliphatic hydroxyl groups excluding tert-OH is 1.